The lowest BCUT2D eigenvalue weighted by molar-refractivity contribution is 0.191. The molecule has 0 radical (unpaired) electrons. The van der Waals surface area contributed by atoms with Crippen LogP contribution in [0.4, 0.5) is 0 Å². The predicted octanol–water partition coefficient (Wildman–Crippen LogP) is 3.37. The molecular weight excluding hydrogens is 276 g/mol. The number of nitrogens with zero attached hydrogens (tertiary/aromatic N) is 2. The Morgan fingerprint density at radius 3 is 2.41 bits per heavy atom. The van der Waals surface area contributed by atoms with Gasteiger partial charge in [0, 0.05) is 10.9 Å². The van der Waals surface area contributed by atoms with Gasteiger partial charge in [-0.05, 0) is 50.6 Å². The molecule has 0 bridgehead atoms. The zero-order valence-corrected chi connectivity index (χ0v) is 11.7. The fourth-order valence-corrected chi connectivity index (χ4v) is 2.70. The van der Waals surface area contributed by atoms with Gasteiger partial charge in [-0.25, -0.2) is 0 Å². The van der Waals surface area contributed by atoms with Crippen molar-refractivity contribution in [1.82, 2.24) is 4.90 Å². The quantitative estimate of drug-likeness (QED) is 0.854. The summed E-state index contributed by atoms with van der Waals surface area (Å²) in [6.45, 7) is 4.17. The van der Waals surface area contributed by atoms with Crippen LogP contribution in [0.5, 0.6) is 0 Å². The molecule has 1 aliphatic heterocycles. The van der Waals surface area contributed by atoms with Gasteiger partial charge in [-0.1, -0.05) is 28.1 Å². The summed E-state index contributed by atoms with van der Waals surface area (Å²) in [5.74, 6) is 0. The second kappa shape index (κ2) is 5.20. The number of hydrogen-bond acceptors (Lipinski definition) is 2. The minimum atomic E-state index is -0.357. The lowest BCUT2D eigenvalue weighted by Gasteiger charge is -2.32. The minimum Gasteiger partial charge on any atom is -0.285 e. The molecule has 0 amide bonds. The van der Waals surface area contributed by atoms with Gasteiger partial charge < -0.3 is 0 Å². The second-order valence-corrected chi connectivity index (χ2v) is 5.80. The molecule has 1 heterocycles. The van der Waals surface area contributed by atoms with Crippen LogP contribution in [0.25, 0.3) is 0 Å². The van der Waals surface area contributed by atoms with Gasteiger partial charge in [0.2, 0.25) is 0 Å². The Balaban J connectivity index is 2.14. The maximum atomic E-state index is 9.46. The van der Waals surface area contributed by atoms with Gasteiger partial charge in [-0.2, -0.15) is 5.26 Å². The average Bonchev–Trinajstić information content (AvgIpc) is 2.86. The summed E-state index contributed by atoms with van der Waals surface area (Å²) in [6.07, 6.45) is 3.24. The van der Waals surface area contributed by atoms with E-state index in [2.05, 4.69) is 46.0 Å². The van der Waals surface area contributed by atoms with Crippen molar-refractivity contribution in [2.75, 3.05) is 13.1 Å². The van der Waals surface area contributed by atoms with Gasteiger partial charge in [0.25, 0.3) is 0 Å². The van der Waals surface area contributed by atoms with Crippen LogP contribution < -0.4 is 0 Å². The summed E-state index contributed by atoms with van der Waals surface area (Å²) in [5, 5.41) is 9.46. The Morgan fingerprint density at radius 1 is 1.29 bits per heavy atom. The van der Waals surface area contributed by atoms with Gasteiger partial charge in [0.15, 0.2) is 0 Å². The fourth-order valence-electron chi connectivity index (χ4n) is 2.43. The van der Waals surface area contributed by atoms with E-state index >= 15 is 0 Å². The number of benzene rings is 1. The highest BCUT2D eigenvalue weighted by Gasteiger charge is 2.33. The molecule has 1 aliphatic rings. The van der Waals surface area contributed by atoms with Crippen LogP contribution in [0.2, 0.25) is 0 Å². The van der Waals surface area contributed by atoms with Crippen molar-refractivity contribution in [1.29, 1.82) is 5.26 Å². The highest BCUT2D eigenvalue weighted by molar-refractivity contribution is 9.10. The molecule has 2 nitrogen and oxygen atoms in total. The van der Waals surface area contributed by atoms with Crippen LogP contribution in [-0.4, -0.2) is 23.5 Å². The standard InChI is InChI=1S/C14H17BrN2/c1-14(11-16,17-8-2-3-9-17)10-12-4-6-13(15)7-5-12/h4-7H,2-3,8-10H2,1H3. The van der Waals surface area contributed by atoms with Crippen molar-refractivity contribution in [2.24, 2.45) is 0 Å². The molecule has 0 aromatic heterocycles. The highest BCUT2D eigenvalue weighted by atomic mass is 79.9. The zero-order valence-electron chi connectivity index (χ0n) is 10.1. The van der Waals surface area contributed by atoms with E-state index in [-0.39, 0.29) is 5.54 Å². The molecule has 1 aromatic rings. The van der Waals surface area contributed by atoms with E-state index in [9.17, 15) is 5.26 Å². The van der Waals surface area contributed by atoms with E-state index in [0.717, 1.165) is 24.0 Å². The van der Waals surface area contributed by atoms with Gasteiger partial charge in [-0.15, -0.1) is 0 Å². The van der Waals surface area contributed by atoms with E-state index < -0.39 is 0 Å². The molecule has 1 atom stereocenters. The first-order chi connectivity index (χ1) is 8.14. The number of hydrogen-bond donors (Lipinski definition) is 0. The van der Waals surface area contributed by atoms with E-state index in [1.54, 1.807) is 0 Å². The van der Waals surface area contributed by atoms with Crippen LogP contribution in [0.1, 0.15) is 25.3 Å². The predicted molar refractivity (Wildman–Crippen MR) is 72.7 cm³/mol. The summed E-state index contributed by atoms with van der Waals surface area (Å²) < 4.78 is 1.08. The van der Waals surface area contributed by atoms with Crippen LogP contribution in [0, 0.1) is 11.3 Å². The van der Waals surface area contributed by atoms with Crippen molar-refractivity contribution in [3.8, 4) is 6.07 Å². The van der Waals surface area contributed by atoms with Crippen molar-refractivity contribution in [2.45, 2.75) is 31.7 Å². The molecular formula is C14H17BrN2. The summed E-state index contributed by atoms with van der Waals surface area (Å²) in [4.78, 5) is 2.31. The van der Waals surface area contributed by atoms with Gasteiger partial charge in [0.1, 0.15) is 5.54 Å². The van der Waals surface area contributed by atoms with Crippen LogP contribution in [0.3, 0.4) is 0 Å². The average molecular weight is 293 g/mol. The van der Waals surface area contributed by atoms with Crippen molar-refractivity contribution < 1.29 is 0 Å². The smallest absolute Gasteiger partial charge is 0.110 e. The molecule has 90 valence electrons. The Labute approximate surface area is 111 Å². The highest BCUT2D eigenvalue weighted by Crippen LogP contribution is 2.25. The monoisotopic (exact) mass is 292 g/mol. The molecule has 17 heavy (non-hydrogen) atoms. The van der Waals surface area contributed by atoms with Gasteiger partial charge >= 0.3 is 0 Å². The number of rotatable bonds is 3. The van der Waals surface area contributed by atoms with Crippen molar-refractivity contribution in [3.05, 3.63) is 34.3 Å². The van der Waals surface area contributed by atoms with Gasteiger partial charge in [0.05, 0.1) is 6.07 Å². The normalized spacial score (nSPS) is 19.8. The van der Waals surface area contributed by atoms with Crippen LogP contribution in [-0.2, 0) is 6.42 Å². The van der Waals surface area contributed by atoms with Crippen LogP contribution in [0.15, 0.2) is 28.7 Å². The fraction of sp³-hybridized carbons (Fsp3) is 0.500. The zero-order chi connectivity index (χ0) is 12.3. The SMILES string of the molecule is CC(C#N)(Cc1ccc(Br)cc1)N1CCCC1. The Bertz CT molecular complexity index is 415. The molecule has 3 heteroatoms. The second-order valence-electron chi connectivity index (χ2n) is 4.88. The lowest BCUT2D eigenvalue weighted by atomic mass is 9.93. The van der Waals surface area contributed by atoms with E-state index in [4.69, 9.17) is 0 Å². The first-order valence-electron chi connectivity index (χ1n) is 6.05. The molecule has 0 spiro atoms. The number of likely N-dealkylation sites (tertiary alicyclic amines) is 1. The third-order valence-corrected chi connectivity index (χ3v) is 4.04. The summed E-state index contributed by atoms with van der Waals surface area (Å²) >= 11 is 3.43. The number of nitriles is 1. The number of halogens is 1. The first kappa shape index (κ1) is 12.6. The third-order valence-electron chi connectivity index (χ3n) is 3.51. The Hall–Kier alpha value is -0.850. The summed E-state index contributed by atoms with van der Waals surface area (Å²) in [7, 11) is 0. The van der Waals surface area contributed by atoms with Crippen LogP contribution >= 0.6 is 15.9 Å². The molecule has 0 N–H and O–H groups in total. The molecule has 2 rings (SSSR count). The van der Waals surface area contributed by atoms with E-state index in [1.807, 2.05) is 12.1 Å². The summed E-state index contributed by atoms with van der Waals surface area (Å²) in [6, 6.07) is 10.8. The van der Waals surface area contributed by atoms with Crippen molar-refractivity contribution >= 4 is 15.9 Å². The molecule has 1 fully saturated rings. The van der Waals surface area contributed by atoms with E-state index in [0.29, 0.717) is 0 Å². The topological polar surface area (TPSA) is 27.0 Å². The molecule has 1 unspecified atom stereocenters. The molecule has 0 aliphatic carbocycles. The minimum absolute atomic E-state index is 0.357. The molecule has 1 saturated heterocycles. The maximum Gasteiger partial charge on any atom is 0.110 e. The largest absolute Gasteiger partial charge is 0.285 e. The molecule has 0 saturated carbocycles. The van der Waals surface area contributed by atoms with E-state index in [1.165, 1.54) is 18.4 Å². The first-order valence-corrected chi connectivity index (χ1v) is 6.84. The maximum absolute atomic E-state index is 9.46. The summed E-state index contributed by atoms with van der Waals surface area (Å²) in [5.41, 5.74) is 0.869. The Morgan fingerprint density at radius 2 is 1.88 bits per heavy atom. The third kappa shape index (κ3) is 2.88. The molecule has 1 aromatic carbocycles. The van der Waals surface area contributed by atoms with Gasteiger partial charge in [-0.3, -0.25) is 4.90 Å². The Kier molecular flexibility index (Phi) is 3.86. The van der Waals surface area contributed by atoms with Crippen molar-refractivity contribution in [3.63, 3.8) is 0 Å². The lowest BCUT2D eigenvalue weighted by Crippen LogP contribution is -2.45.